The number of rotatable bonds is 5. The predicted octanol–water partition coefficient (Wildman–Crippen LogP) is 2.42. The van der Waals surface area contributed by atoms with E-state index in [0.717, 1.165) is 31.6 Å². The summed E-state index contributed by atoms with van der Waals surface area (Å²) in [7, 11) is 0. The van der Waals surface area contributed by atoms with E-state index in [1.165, 1.54) is 6.42 Å². The maximum atomic E-state index is 10.6. The average molecular weight is 251 g/mol. The van der Waals surface area contributed by atoms with Crippen molar-refractivity contribution in [1.82, 2.24) is 14.8 Å². The largest absolute Gasteiger partial charge is 0.389 e. The highest BCUT2D eigenvalue weighted by atomic mass is 16.3. The Labute approximate surface area is 109 Å². The van der Waals surface area contributed by atoms with Crippen LogP contribution in [-0.2, 0) is 13.0 Å². The Morgan fingerprint density at radius 3 is 2.94 bits per heavy atom. The molecule has 2 atom stereocenters. The van der Waals surface area contributed by atoms with E-state index in [1.807, 2.05) is 4.68 Å². The number of hydrogen-bond acceptors (Lipinski definition) is 3. The summed E-state index contributed by atoms with van der Waals surface area (Å²) in [6.07, 6.45) is 6.38. The molecule has 102 valence electrons. The topological polar surface area (TPSA) is 50.9 Å². The van der Waals surface area contributed by atoms with Gasteiger partial charge in [0, 0.05) is 13.0 Å². The second kappa shape index (κ2) is 5.39. The van der Waals surface area contributed by atoms with Crippen molar-refractivity contribution in [3.63, 3.8) is 0 Å². The Morgan fingerprint density at radius 1 is 1.56 bits per heavy atom. The molecule has 1 N–H and O–H groups in total. The van der Waals surface area contributed by atoms with Crippen molar-refractivity contribution < 1.29 is 5.11 Å². The lowest BCUT2D eigenvalue weighted by Gasteiger charge is -2.22. The van der Waals surface area contributed by atoms with E-state index in [9.17, 15) is 5.11 Å². The molecule has 0 radical (unpaired) electrons. The molecule has 0 aliphatic heterocycles. The lowest BCUT2D eigenvalue weighted by molar-refractivity contribution is 0.0404. The van der Waals surface area contributed by atoms with Crippen molar-refractivity contribution in [2.24, 2.45) is 11.8 Å². The molecule has 1 saturated carbocycles. The molecular weight excluding hydrogens is 226 g/mol. The van der Waals surface area contributed by atoms with Crippen molar-refractivity contribution in [3.05, 3.63) is 12.2 Å². The molecule has 4 nitrogen and oxygen atoms in total. The Kier molecular flexibility index (Phi) is 4.05. The van der Waals surface area contributed by atoms with Crippen LogP contribution in [0.3, 0.4) is 0 Å². The highest BCUT2D eigenvalue weighted by molar-refractivity contribution is 4.99. The molecule has 18 heavy (non-hydrogen) atoms. The zero-order chi connectivity index (χ0) is 13.2. The first-order chi connectivity index (χ1) is 8.52. The van der Waals surface area contributed by atoms with Crippen molar-refractivity contribution in [3.8, 4) is 0 Å². The fourth-order valence-electron chi connectivity index (χ4n) is 2.94. The van der Waals surface area contributed by atoms with E-state index in [4.69, 9.17) is 0 Å². The lowest BCUT2D eigenvalue weighted by Crippen LogP contribution is -2.30. The van der Waals surface area contributed by atoms with Crippen LogP contribution in [0.2, 0.25) is 0 Å². The zero-order valence-electron chi connectivity index (χ0n) is 11.8. The molecule has 0 bridgehead atoms. The SMILES string of the molecule is CCC1CCC(O)(Cc2ncnn2CC(C)C)C1. The second-order valence-electron chi connectivity index (χ2n) is 6.17. The smallest absolute Gasteiger partial charge is 0.138 e. The van der Waals surface area contributed by atoms with Gasteiger partial charge in [0.05, 0.1) is 5.60 Å². The van der Waals surface area contributed by atoms with Crippen molar-refractivity contribution in [1.29, 1.82) is 0 Å². The molecule has 1 heterocycles. The van der Waals surface area contributed by atoms with Gasteiger partial charge in [0.2, 0.25) is 0 Å². The maximum Gasteiger partial charge on any atom is 0.138 e. The van der Waals surface area contributed by atoms with Crippen LogP contribution in [-0.4, -0.2) is 25.5 Å². The summed E-state index contributed by atoms with van der Waals surface area (Å²) in [5.41, 5.74) is -0.553. The summed E-state index contributed by atoms with van der Waals surface area (Å²) in [5, 5.41) is 14.9. The van der Waals surface area contributed by atoms with Gasteiger partial charge in [-0.3, -0.25) is 0 Å². The van der Waals surface area contributed by atoms with Gasteiger partial charge < -0.3 is 5.11 Å². The number of aliphatic hydroxyl groups is 1. The maximum absolute atomic E-state index is 10.6. The summed E-state index contributed by atoms with van der Waals surface area (Å²) >= 11 is 0. The van der Waals surface area contributed by atoms with E-state index >= 15 is 0 Å². The summed E-state index contributed by atoms with van der Waals surface area (Å²) in [4.78, 5) is 4.32. The molecule has 1 aromatic heterocycles. The van der Waals surface area contributed by atoms with Crippen LogP contribution in [0.25, 0.3) is 0 Å². The van der Waals surface area contributed by atoms with Gasteiger partial charge in [-0.05, 0) is 31.1 Å². The molecule has 1 fully saturated rings. The highest BCUT2D eigenvalue weighted by Gasteiger charge is 2.37. The van der Waals surface area contributed by atoms with Gasteiger partial charge in [0.15, 0.2) is 0 Å². The van der Waals surface area contributed by atoms with E-state index in [0.29, 0.717) is 18.3 Å². The molecule has 2 rings (SSSR count). The number of aromatic nitrogens is 3. The first-order valence-corrected chi connectivity index (χ1v) is 7.11. The van der Waals surface area contributed by atoms with Gasteiger partial charge in [-0.25, -0.2) is 9.67 Å². The van der Waals surface area contributed by atoms with Gasteiger partial charge in [0.1, 0.15) is 12.2 Å². The van der Waals surface area contributed by atoms with Crippen LogP contribution in [0.15, 0.2) is 6.33 Å². The lowest BCUT2D eigenvalue weighted by atomic mass is 9.95. The third kappa shape index (κ3) is 3.10. The number of nitrogens with zero attached hydrogens (tertiary/aromatic N) is 3. The number of hydrogen-bond donors (Lipinski definition) is 1. The Morgan fingerprint density at radius 2 is 2.33 bits per heavy atom. The third-order valence-corrected chi connectivity index (χ3v) is 3.98. The van der Waals surface area contributed by atoms with Gasteiger partial charge in [-0.1, -0.05) is 27.2 Å². The van der Waals surface area contributed by atoms with Crippen LogP contribution in [0.5, 0.6) is 0 Å². The van der Waals surface area contributed by atoms with E-state index in [2.05, 4.69) is 30.9 Å². The van der Waals surface area contributed by atoms with E-state index in [1.54, 1.807) is 6.33 Å². The molecule has 4 heteroatoms. The molecule has 0 amide bonds. The quantitative estimate of drug-likeness (QED) is 0.874. The molecule has 1 aliphatic carbocycles. The van der Waals surface area contributed by atoms with Crippen molar-refractivity contribution >= 4 is 0 Å². The summed E-state index contributed by atoms with van der Waals surface area (Å²) in [5.74, 6) is 2.16. The fourth-order valence-corrected chi connectivity index (χ4v) is 2.94. The van der Waals surface area contributed by atoms with Crippen LogP contribution < -0.4 is 0 Å². The molecular formula is C14H25N3O. The average Bonchev–Trinajstić information content (AvgIpc) is 2.86. The van der Waals surface area contributed by atoms with Crippen molar-refractivity contribution in [2.75, 3.05) is 0 Å². The van der Waals surface area contributed by atoms with Crippen LogP contribution in [0.1, 0.15) is 52.3 Å². The van der Waals surface area contributed by atoms with E-state index in [-0.39, 0.29) is 0 Å². The van der Waals surface area contributed by atoms with Crippen LogP contribution >= 0.6 is 0 Å². The molecule has 1 aromatic rings. The molecule has 0 spiro atoms. The highest BCUT2D eigenvalue weighted by Crippen LogP contribution is 2.38. The minimum atomic E-state index is -0.553. The first kappa shape index (κ1) is 13.5. The van der Waals surface area contributed by atoms with Gasteiger partial charge >= 0.3 is 0 Å². The van der Waals surface area contributed by atoms with Crippen LogP contribution in [0.4, 0.5) is 0 Å². The molecule has 0 aromatic carbocycles. The fraction of sp³-hybridized carbons (Fsp3) is 0.857. The normalized spacial score (nSPS) is 28.2. The second-order valence-corrected chi connectivity index (χ2v) is 6.17. The molecule has 1 aliphatic rings. The Hall–Kier alpha value is -0.900. The van der Waals surface area contributed by atoms with Gasteiger partial charge in [0.25, 0.3) is 0 Å². The Bertz CT molecular complexity index is 388. The van der Waals surface area contributed by atoms with Gasteiger partial charge in [-0.2, -0.15) is 5.10 Å². The Balaban J connectivity index is 2.03. The summed E-state index contributed by atoms with van der Waals surface area (Å²) in [6, 6.07) is 0. The summed E-state index contributed by atoms with van der Waals surface area (Å²) in [6.45, 7) is 7.42. The van der Waals surface area contributed by atoms with E-state index < -0.39 is 5.60 Å². The minimum absolute atomic E-state index is 0.548. The van der Waals surface area contributed by atoms with Crippen molar-refractivity contribution in [2.45, 2.75) is 65.0 Å². The summed E-state index contributed by atoms with van der Waals surface area (Å²) < 4.78 is 1.95. The zero-order valence-corrected chi connectivity index (χ0v) is 11.8. The molecule has 0 saturated heterocycles. The first-order valence-electron chi connectivity index (χ1n) is 7.11. The predicted molar refractivity (Wildman–Crippen MR) is 71.1 cm³/mol. The van der Waals surface area contributed by atoms with Crippen LogP contribution in [0, 0.1) is 11.8 Å². The monoisotopic (exact) mass is 251 g/mol. The minimum Gasteiger partial charge on any atom is -0.389 e. The third-order valence-electron chi connectivity index (χ3n) is 3.98. The van der Waals surface area contributed by atoms with Gasteiger partial charge in [-0.15, -0.1) is 0 Å². The standard InChI is InChI=1S/C14H25N3O/c1-4-12-5-6-14(18,7-12)8-13-15-10-16-17(13)9-11(2)3/h10-12,18H,4-9H2,1-3H3. The molecule has 2 unspecified atom stereocenters.